The zero-order valence-corrected chi connectivity index (χ0v) is 9.23. The number of hydrogen-bond donors (Lipinski definition) is 1. The molecule has 0 aliphatic carbocycles. The molecule has 0 fully saturated rings. The van der Waals surface area contributed by atoms with Crippen molar-refractivity contribution in [2.75, 3.05) is 31.8 Å². The highest BCUT2D eigenvalue weighted by molar-refractivity contribution is 7.48. The molecule has 0 saturated heterocycles. The first-order valence-corrected chi connectivity index (χ1v) is 5.98. The lowest BCUT2D eigenvalue weighted by Crippen LogP contribution is -2.04. The zero-order chi connectivity index (χ0) is 10.2. The van der Waals surface area contributed by atoms with Gasteiger partial charge in [0.2, 0.25) is 0 Å². The van der Waals surface area contributed by atoms with Gasteiger partial charge in [-0.25, -0.2) is 4.57 Å². The van der Waals surface area contributed by atoms with E-state index in [1.54, 1.807) is 0 Å². The van der Waals surface area contributed by atoms with Gasteiger partial charge < -0.3 is 5.11 Å². The average molecular weight is 253 g/mol. The first-order chi connectivity index (χ1) is 6.18. The van der Waals surface area contributed by atoms with Crippen molar-refractivity contribution in [2.45, 2.75) is 0 Å². The third-order valence-corrected chi connectivity index (χ3v) is 2.61. The van der Waals surface area contributed by atoms with E-state index in [4.69, 9.17) is 28.3 Å². The van der Waals surface area contributed by atoms with Crippen molar-refractivity contribution in [3.05, 3.63) is 0 Å². The van der Waals surface area contributed by atoms with Crippen LogP contribution in [0, 0.1) is 0 Å². The van der Waals surface area contributed by atoms with Gasteiger partial charge in [0, 0.05) is 11.8 Å². The van der Waals surface area contributed by atoms with Crippen LogP contribution in [0.5, 0.6) is 0 Å². The van der Waals surface area contributed by atoms with Crippen molar-refractivity contribution in [3.63, 3.8) is 0 Å². The Balaban J connectivity index is 3.92. The maximum atomic E-state index is 11.4. The van der Waals surface area contributed by atoms with Crippen molar-refractivity contribution < 1.29 is 23.2 Å². The molecule has 0 rings (SSSR count). The van der Waals surface area contributed by atoms with Crippen LogP contribution in [0.2, 0.25) is 0 Å². The molecule has 0 aromatic carbocycles. The molecule has 0 aliphatic rings. The highest BCUT2D eigenvalue weighted by Crippen LogP contribution is 2.48. The van der Waals surface area contributed by atoms with Crippen molar-refractivity contribution in [1.82, 2.24) is 0 Å². The van der Waals surface area contributed by atoms with Crippen molar-refractivity contribution in [2.24, 2.45) is 0 Å². The Bertz CT molecular complexity index is 155. The molecule has 13 heavy (non-hydrogen) atoms. The normalized spacial score (nSPS) is 11.9. The highest BCUT2D eigenvalue weighted by Gasteiger charge is 2.25. The van der Waals surface area contributed by atoms with Gasteiger partial charge in [0.05, 0.1) is 13.2 Å². The third-order valence-electron chi connectivity index (χ3n) is 0.869. The summed E-state index contributed by atoms with van der Waals surface area (Å²) in [6, 6.07) is 0. The molecule has 0 unspecified atom stereocenters. The summed E-state index contributed by atoms with van der Waals surface area (Å²) in [5.74, 6) is 0.312. The SMILES string of the molecule is O=P(OCO)(OCCCl)OCCCl. The minimum Gasteiger partial charge on any atom is -0.370 e. The van der Waals surface area contributed by atoms with Crippen molar-refractivity contribution in [3.8, 4) is 0 Å². The maximum Gasteiger partial charge on any atom is 0.476 e. The summed E-state index contributed by atoms with van der Waals surface area (Å²) < 4.78 is 25.1. The molecule has 0 saturated carbocycles. The molecule has 0 aromatic heterocycles. The van der Waals surface area contributed by atoms with Gasteiger partial charge in [-0.15, -0.1) is 23.2 Å². The van der Waals surface area contributed by atoms with E-state index in [0.717, 1.165) is 0 Å². The zero-order valence-electron chi connectivity index (χ0n) is 6.82. The number of aliphatic hydroxyl groups excluding tert-OH is 1. The van der Waals surface area contributed by atoms with E-state index in [1.807, 2.05) is 0 Å². The Kier molecular flexibility index (Phi) is 8.40. The lowest BCUT2D eigenvalue weighted by Gasteiger charge is -2.15. The second-order valence-electron chi connectivity index (χ2n) is 1.75. The van der Waals surface area contributed by atoms with Crippen LogP contribution in [0.15, 0.2) is 0 Å². The monoisotopic (exact) mass is 252 g/mol. The van der Waals surface area contributed by atoms with Gasteiger partial charge in [0.15, 0.2) is 6.79 Å². The standard InChI is InChI=1S/C5H11Cl2O5P/c6-1-3-10-13(9,12-5-8)11-4-2-7/h8H,1-5H2. The summed E-state index contributed by atoms with van der Waals surface area (Å²) in [7, 11) is -3.67. The van der Waals surface area contributed by atoms with Gasteiger partial charge >= 0.3 is 7.82 Å². The van der Waals surface area contributed by atoms with E-state index in [1.165, 1.54) is 0 Å². The average Bonchev–Trinajstić information content (AvgIpc) is 2.12. The fraction of sp³-hybridized carbons (Fsp3) is 1.00. The highest BCUT2D eigenvalue weighted by atomic mass is 35.5. The summed E-state index contributed by atoms with van der Waals surface area (Å²) in [6.07, 6.45) is 0. The minimum absolute atomic E-state index is 0.0150. The van der Waals surface area contributed by atoms with Gasteiger partial charge in [0.1, 0.15) is 0 Å². The molecule has 5 nitrogen and oxygen atoms in total. The smallest absolute Gasteiger partial charge is 0.370 e. The van der Waals surface area contributed by atoms with Gasteiger partial charge in [0.25, 0.3) is 0 Å². The first kappa shape index (κ1) is 13.7. The van der Waals surface area contributed by atoms with Crippen LogP contribution >= 0.6 is 31.0 Å². The molecule has 8 heteroatoms. The fourth-order valence-electron chi connectivity index (χ4n) is 0.475. The van der Waals surface area contributed by atoms with E-state index in [-0.39, 0.29) is 25.0 Å². The Hall–Kier alpha value is 0.650. The number of rotatable bonds is 8. The lowest BCUT2D eigenvalue weighted by atomic mass is 10.9. The Morgan fingerprint density at radius 3 is 1.85 bits per heavy atom. The number of phosphoric ester groups is 1. The molecule has 0 aliphatic heterocycles. The van der Waals surface area contributed by atoms with Crippen LogP contribution in [0.4, 0.5) is 0 Å². The predicted octanol–water partition coefficient (Wildman–Crippen LogP) is 1.57. The van der Waals surface area contributed by atoms with Crippen molar-refractivity contribution >= 4 is 31.0 Å². The van der Waals surface area contributed by atoms with Crippen LogP contribution in [0.25, 0.3) is 0 Å². The number of alkyl halides is 2. The van der Waals surface area contributed by atoms with Gasteiger partial charge in [-0.1, -0.05) is 0 Å². The quantitative estimate of drug-likeness (QED) is 0.404. The lowest BCUT2D eigenvalue weighted by molar-refractivity contribution is 0.0412. The first-order valence-electron chi connectivity index (χ1n) is 3.45. The number of aliphatic hydroxyl groups is 1. The molecule has 80 valence electrons. The molecule has 1 N–H and O–H groups in total. The van der Waals surface area contributed by atoms with Crippen LogP contribution in [0.3, 0.4) is 0 Å². The summed E-state index contributed by atoms with van der Waals surface area (Å²) in [4.78, 5) is 0. The molecular formula is C5H11Cl2O5P. The fourth-order valence-corrected chi connectivity index (χ4v) is 1.84. The molecule has 0 aromatic rings. The predicted molar refractivity (Wildman–Crippen MR) is 49.1 cm³/mol. The van der Waals surface area contributed by atoms with E-state index in [0.29, 0.717) is 0 Å². The summed E-state index contributed by atoms with van der Waals surface area (Å²) in [5.41, 5.74) is 0. The molecule has 0 radical (unpaired) electrons. The van der Waals surface area contributed by atoms with Gasteiger partial charge in [-0.05, 0) is 0 Å². The van der Waals surface area contributed by atoms with E-state index in [9.17, 15) is 4.57 Å². The van der Waals surface area contributed by atoms with E-state index in [2.05, 4.69) is 13.6 Å². The Morgan fingerprint density at radius 2 is 1.54 bits per heavy atom. The van der Waals surface area contributed by atoms with Gasteiger partial charge in [-0.3, -0.25) is 13.6 Å². The van der Waals surface area contributed by atoms with E-state index >= 15 is 0 Å². The van der Waals surface area contributed by atoms with Crippen LogP contribution in [0.1, 0.15) is 0 Å². The number of hydrogen-bond acceptors (Lipinski definition) is 5. The van der Waals surface area contributed by atoms with E-state index < -0.39 is 14.6 Å². The Morgan fingerprint density at radius 1 is 1.08 bits per heavy atom. The second-order valence-corrected chi connectivity index (χ2v) is 4.17. The number of halogens is 2. The molecule has 0 atom stereocenters. The molecular weight excluding hydrogens is 242 g/mol. The topological polar surface area (TPSA) is 65.0 Å². The van der Waals surface area contributed by atoms with Crippen LogP contribution in [-0.2, 0) is 18.1 Å². The second kappa shape index (κ2) is 8.00. The Labute approximate surface area is 86.5 Å². The summed E-state index contributed by atoms with van der Waals surface area (Å²) >= 11 is 10.6. The summed E-state index contributed by atoms with van der Waals surface area (Å²) in [5, 5.41) is 8.38. The largest absolute Gasteiger partial charge is 0.476 e. The number of phosphoric acid groups is 1. The third kappa shape index (κ3) is 6.69. The maximum absolute atomic E-state index is 11.4. The van der Waals surface area contributed by atoms with Crippen LogP contribution in [-0.4, -0.2) is 36.9 Å². The molecule has 0 amide bonds. The van der Waals surface area contributed by atoms with Crippen LogP contribution < -0.4 is 0 Å². The van der Waals surface area contributed by atoms with Gasteiger partial charge in [-0.2, -0.15) is 0 Å². The molecule has 0 spiro atoms. The molecule has 0 heterocycles. The molecule has 0 bridgehead atoms. The minimum atomic E-state index is -3.67. The summed E-state index contributed by atoms with van der Waals surface area (Å²) in [6.45, 7) is -0.718. The van der Waals surface area contributed by atoms with Crippen molar-refractivity contribution in [1.29, 1.82) is 0 Å².